The molecule has 0 saturated carbocycles. The average Bonchev–Trinajstić information content (AvgIpc) is 3.37. The molecule has 2 aromatic rings. The van der Waals surface area contributed by atoms with Gasteiger partial charge in [-0.3, -0.25) is 9.69 Å². The van der Waals surface area contributed by atoms with E-state index in [-0.39, 0.29) is 15.7 Å². The molecule has 0 unspecified atom stereocenters. The Balaban J connectivity index is 1.95. The topological polar surface area (TPSA) is 91.4 Å². The second-order valence-corrected chi connectivity index (χ2v) is 11.3. The van der Waals surface area contributed by atoms with Crippen molar-refractivity contribution in [2.24, 2.45) is 0 Å². The summed E-state index contributed by atoms with van der Waals surface area (Å²) in [6.07, 6.45) is 0. The van der Waals surface area contributed by atoms with Gasteiger partial charge in [0.1, 0.15) is 21.3 Å². The van der Waals surface area contributed by atoms with Crippen molar-refractivity contribution < 1.29 is 33.3 Å². The van der Waals surface area contributed by atoms with Crippen LogP contribution in [-0.2, 0) is 19.1 Å². The van der Waals surface area contributed by atoms with Crippen molar-refractivity contribution in [3.63, 3.8) is 0 Å². The lowest BCUT2D eigenvalue weighted by Crippen LogP contribution is -2.56. The molecule has 198 valence electrons. The van der Waals surface area contributed by atoms with E-state index in [0.717, 1.165) is 23.5 Å². The lowest BCUT2D eigenvalue weighted by atomic mass is 9.82. The monoisotopic (exact) mass is 571 g/mol. The first kappa shape index (κ1) is 27.7. The molecule has 0 aliphatic carbocycles. The number of anilines is 1. The first-order chi connectivity index (χ1) is 18.1. The third kappa shape index (κ3) is 4.59. The maximum Gasteiger partial charge on any atom is 0.346 e. The van der Waals surface area contributed by atoms with Gasteiger partial charge in [-0.25, -0.2) is 9.59 Å². The van der Waals surface area contributed by atoms with E-state index in [0.29, 0.717) is 43.0 Å². The van der Waals surface area contributed by atoms with E-state index in [2.05, 4.69) is 0 Å². The molecule has 8 nitrogen and oxygen atoms in total. The normalized spacial score (nSPS) is 16.3. The van der Waals surface area contributed by atoms with E-state index in [9.17, 15) is 14.4 Å². The van der Waals surface area contributed by atoms with Crippen LogP contribution in [0.2, 0.25) is 0 Å². The smallest absolute Gasteiger partial charge is 0.346 e. The third-order valence-corrected chi connectivity index (χ3v) is 9.38. The first-order valence-electron chi connectivity index (χ1n) is 11.3. The number of para-hydroxylation sites is 1. The number of esters is 2. The van der Waals surface area contributed by atoms with Gasteiger partial charge in [0, 0.05) is 16.7 Å². The highest BCUT2D eigenvalue weighted by Gasteiger charge is 2.47. The Bertz CT molecular complexity index is 1400. The fourth-order valence-electron chi connectivity index (χ4n) is 4.23. The maximum atomic E-state index is 14.0. The van der Waals surface area contributed by atoms with Crippen molar-refractivity contribution in [2.75, 3.05) is 33.3 Å². The Labute approximate surface area is 234 Å². The number of benzene rings is 2. The number of nitrogens with zero attached hydrogens (tertiary/aromatic N) is 1. The van der Waals surface area contributed by atoms with Crippen LogP contribution in [0.4, 0.5) is 5.69 Å². The molecular formula is C27H25NO7S3. The zero-order valence-corrected chi connectivity index (χ0v) is 24.0. The van der Waals surface area contributed by atoms with Crippen LogP contribution in [0.3, 0.4) is 0 Å². The zero-order chi connectivity index (χ0) is 27.8. The third-order valence-electron chi connectivity index (χ3n) is 6.11. The van der Waals surface area contributed by atoms with Crippen LogP contribution < -0.4 is 14.4 Å². The molecule has 38 heavy (non-hydrogen) atoms. The zero-order valence-electron chi connectivity index (χ0n) is 21.6. The van der Waals surface area contributed by atoms with Crippen molar-refractivity contribution in [3.8, 4) is 11.5 Å². The molecule has 2 aliphatic heterocycles. The van der Waals surface area contributed by atoms with Crippen molar-refractivity contribution >= 4 is 69.7 Å². The van der Waals surface area contributed by atoms with Gasteiger partial charge in [0.15, 0.2) is 0 Å². The summed E-state index contributed by atoms with van der Waals surface area (Å²) in [5, 5.41) is 0. The van der Waals surface area contributed by atoms with Gasteiger partial charge in [-0.1, -0.05) is 53.9 Å². The number of carbonyl (C=O) groups is 3. The number of rotatable bonds is 5. The fourth-order valence-corrected chi connectivity index (χ4v) is 7.26. The van der Waals surface area contributed by atoms with Crippen molar-refractivity contribution in [2.45, 2.75) is 19.4 Å². The van der Waals surface area contributed by atoms with E-state index in [1.54, 1.807) is 41.3 Å². The molecule has 2 heterocycles. The molecule has 11 heteroatoms. The molecule has 1 amide bonds. The van der Waals surface area contributed by atoms with Gasteiger partial charge in [-0.2, -0.15) is 0 Å². The second-order valence-electron chi connectivity index (χ2n) is 8.63. The minimum absolute atomic E-state index is 0.117. The molecule has 0 radical (unpaired) electrons. The van der Waals surface area contributed by atoms with E-state index in [4.69, 9.17) is 31.2 Å². The molecule has 0 saturated heterocycles. The van der Waals surface area contributed by atoms with Crippen LogP contribution in [-0.4, -0.2) is 56.7 Å². The quantitative estimate of drug-likeness (QED) is 0.270. The van der Waals surface area contributed by atoms with Gasteiger partial charge >= 0.3 is 11.9 Å². The Morgan fingerprint density at radius 3 is 2.03 bits per heavy atom. The van der Waals surface area contributed by atoms with Gasteiger partial charge in [0.2, 0.25) is 0 Å². The SMILES string of the molecule is COC(=O)C1=C(C(=O)OC)SC(=C2C(=S)C(C)(C)N(C(=O)c3cccc(OC)c3)c3c(OC)cccc32)S1. The standard InChI is InChI=1S/C27H25NO7S3/c1-27(2)22(36)18(26-37-20(24(30)34-5)21(38-26)25(31)35-6)16-11-8-12-17(33-4)19(16)28(27)23(29)14-9-7-10-15(13-14)32-3/h7-13H,1-6H3. The number of hydrogen-bond donors (Lipinski definition) is 0. The molecule has 2 aromatic carbocycles. The maximum absolute atomic E-state index is 14.0. The molecule has 4 rings (SSSR count). The number of amides is 1. The highest BCUT2D eigenvalue weighted by atomic mass is 32.2. The molecule has 0 atom stereocenters. The van der Waals surface area contributed by atoms with Crippen molar-refractivity contribution in [1.82, 2.24) is 0 Å². The highest BCUT2D eigenvalue weighted by Crippen LogP contribution is 2.57. The molecule has 0 bridgehead atoms. The van der Waals surface area contributed by atoms with Gasteiger partial charge in [-0.05, 0) is 38.1 Å². The number of carbonyl (C=O) groups excluding carboxylic acids is 3. The summed E-state index contributed by atoms with van der Waals surface area (Å²) in [7, 11) is 5.56. The van der Waals surface area contributed by atoms with E-state index in [1.165, 1.54) is 28.4 Å². The van der Waals surface area contributed by atoms with E-state index < -0.39 is 17.5 Å². The molecular weight excluding hydrogens is 546 g/mol. The first-order valence-corrected chi connectivity index (χ1v) is 13.4. The van der Waals surface area contributed by atoms with Gasteiger partial charge in [0.25, 0.3) is 5.91 Å². The predicted molar refractivity (Wildman–Crippen MR) is 153 cm³/mol. The van der Waals surface area contributed by atoms with E-state index >= 15 is 0 Å². The molecule has 2 aliphatic rings. The Morgan fingerprint density at radius 1 is 0.868 bits per heavy atom. The molecule has 0 fully saturated rings. The minimum Gasteiger partial charge on any atom is -0.497 e. The number of fused-ring (bicyclic) bond motifs is 1. The van der Waals surface area contributed by atoms with Crippen LogP contribution in [0.25, 0.3) is 5.57 Å². The Kier molecular flexibility index (Phi) is 7.91. The number of thioether (sulfide) groups is 2. The summed E-state index contributed by atoms with van der Waals surface area (Å²) in [6, 6.07) is 12.3. The van der Waals surface area contributed by atoms with Gasteiger partial charge in [-0.15, -0.1) is 0 Å². The summed E-state index contributed by atoms with van der Waals surface area (Å²) in [5.74, 6) is -0.580. The Morgan fingerprint density at radius 2 is 1.47 bits per heavy atom. The van der Waals surface area contributed by atoms with Gasteiger partial charge in [0.05, 0.1) is 48.8 Å². The highest BCUT2D eigenvalue weighted by molar-refractivity contribution is 8.29. The average molecular weight is 572 g/mol. The lowest BCUT2D eigenvalue weighted by molar-refractivity contribution is -0.138. The van der Waals surface area contributed by atoms with Crippen molar-refractivity contribution in [3.05, 3.63) is 67.6 Å². The van der Waals surface area contributed by atoms with Crippen LogP contribution >= 0.6 is 35.7 Å². The van der Waals surface area contributed by atoms with Crippen LogP contribution in [0, 0.1) is 0 Å². The second kappa shape index (κ2) is 10.8. The number of hydrogen-bond acceptors (Lipinski definition) is 10. The van der Waals surface area contributed by atoms with Crippen molar-refractivity contribution in [1.29, 1.82) is 0 Å². The number of methoxy groups -OCH3 is 4. The summed E-state index contributed by atoms with van der Waals surface area (Å²) in [4.78, 5) is 41.4. The Hall–Kier alpha value is -3.28. The molecule has 0 N–H and O–H groups in total. The molecule has 0 spiro atoms. The number of thiocarbonyl (C=S) groups is 1. The fraction of sp³-hybridized carbons (Fsp3) is 0.259. The summed E-state index contributed by atoms with van der Waals surface area (Å²) < 4.78 is 21.5. The number of ether oxygens (including phenoxy) is 4. The summed E-state index contributed by atoms with van der Waals surface area (Å²) in [5.41, 5.74) is 1.20. The van der Waals surface area contributed by atoms with Crippen LogP contribution in [0.15, 0.2) is 56.5 Å². The summed E-state index contributed by atoms with van der Waals surface area (Å²) >= 11 is 8.21. The largest absolute Gasteiger partial charge is 0.497 e. The lowest BCUT2D eigenvalue weighted by Gasteiger charge is -2.45. The molecule has 0 aromatic heterocycles. The van der Waals surface area contributed by atoms with Gasteiger partial charge < -0.3 is 18.9 Å². The summed E-state index contributed by atoms with van der Waals surface area (Å²) in [6.45, 7) is 3.70. The van der Waals surface area contributed by atoms with E-state index in [1.807, 2.05) is 19.9 Å². The van der Waals surface area contributed by atoms with Crippen LogP contribution in [0.5, 0.6) is 11.5 Å². The minimum atomic E-state index is -1.000. The predicted octanol–water partition coefficient (Wildman–Crippen LogP) is 5.22. The van der Waals surface area contributed by atoms with Crippen LogP contribution in [0.1, 0.15) is 29.8 Å².